The fourth-order valence-corrected chi connectivity index (χ4v) is 4.39. The Morgan fingerprint density at radius 1 is 1.15 bits per heavy atom. The van der Waals surface area contributed by atoms with Gasteiger partial charge in [0.15, 0.2) is 5.65 Å². The summed E-state index contributed by atoms with van der Waals surface area (Å²) >= 11 is 0. The molecule has 1 N–H and O–H groups in total. The fraction of sp³-hybridized carbons (Fsp3) is 0.348. The largest absolute Gasteiger partial charge is 0.465 e. The zero-order valence-corrected chi connectivity index (χ0v) is 18.2. The monoisotopic (exact) mass is 454 g/mol. The molecule has 2 aromatic heterocycles. The highest BCUT2D eigenvalue weighted by Gasteiger charge is 2.27. The summed E-state index contributed by atoms with van der Waals surface area (Å²) in [5.74, 6) is -1.41. The topological polar surface area (TPSA) is 112 Å². The summed E-state index contributed by atoms with van der Waals surface area (Å²) in [4.78, 5) is 54.2. The number of nitrogens with one attached hydrogen (secondary N) is 1. The van der Waals surface area contributed by atoms with E-state index in [0.717, 1.165) is 16.8 Å². The Bertz CT molecular complexity index is 1360. The van der Waals surface area contributed by atoms with E-state index in [0.29, 0.717) is 31.4 Å². The van der Waals surface area contributed by atoms with Crippen molar-refractivity contribution in [3.8, 4) is 5.69 Å². The van der Waals surface area contributed by atoms with Crippen LogP contribution in [-0.4, -0.2) is 39.1 Å². The number of hydrogen-bond donors (Lipinski definition) is 1. The number of amides is 1. The molecular weight excluding hydrogens is 431 g/mol. The van der Waals surface area contributed by atoms with Gasteiger partial charge in [-0.3, -0.25) is 14.2 Å². The second kappa shape index (κ2) is 8.97. The third-order valence-electron chi connectivity index (χ3n) is 5.89. The van der Waals surface area contributed by atoms with Crippen LogP contribution < -0.4 is 16.6 Å². The molecule has 1 saturated carbocycles. The maximum Gasteiger partial charge on any atom is 0.337 e. The van der Waals surface area contributed by atoms with Crippen molar-refractivity contribution in [2.24, 2.45) is 0 Å². The number of carbonyl (C=O) groups is 2. The molecule has 0 bridgehead atoms. The minimum atomic E-state index is -0.700. The van der Waals surface area contributed by atoms with Crippen molar-refractivity contribution < 1.29 is 18.7 Å². The predicted molar refractivity (Wildman–Crippen MR) is 118 cm³/mol. The van der Waals surface area contributed by atoms with Crippen LogP contribution in [0.2, 0.25) is 0 Å². The first-order valence-corrected chi connectivity index (χ1v) is 10.6. The van der Waals surface area contributed by atoms with Gasteiger partial charge in [0.25, 0.3) is 5.56 Å². The first-order chi connectivity index (χ1) is 15.8. The molecule has 1 aromatic carbocycles. The third-order valence-corrected chi connectivity index (χ3v) is 5.89. The van der Waals surface area contributed by atoms with Crippen molar-refractivity contribution in [3.05, 3.63) is 68.7 Å². The maximum atomic E-state index is 14.0. The zero-order valence-electron chi connectivity index (χ0n) is 18.2. The number of ether oxygens (including phenoxy) is 1. The first-order valence-electron chi connectivity index (χ1n) is 10.6. The molecule has 0 aliphatic heterocycles. The van der Waals surface area contributed by atoms with Gasteiger partial charge in [0.1, 0.15) is 5.82 Å². The number of halogens is 1. The van der Waals surface area contributed by atoms with Crippen LogP contribution >= 0.6 is 0 Å². The van der Waals surface area contributed by atoms with E-state index in [1.54, 1.807) is 12.1 Å². The lowest BCUT2D eigenvalue weighted by atomic mass is 9.91. The number of benzene rings is 1. The van der Waals surface area contributed by atoms with Crippen LogP contribution in [0.1, 0.15) is 49.0 Å². The molecule has 1 fully saturated rings. The van der Waals surface area contributed by atoms with Gasteiger partial charge in [-0.2, -0.15) is 0 Å². The average Bonchev–Trinajstić information content (AvgIpc) is 2.80. The van der Waals surface area contributed by atoms with Gasteiger partial charge < -0.3 is 10.1 Å². The zero-order chi connectivity index (χ0) is 23.7. The van der Waals surface area contributed by atoms with E-state index in [2.05, 4.69) is 10.3 Å². The molecule has 33 heavy (non-hydrogen) atoms. The Morgan fingerprint density at radius 3 is 2.55 bits per heavy atom. The summed E-state index contributed by atoms with van der Waals surface area (Å²) in [6.45, 7) is 1.45. The lowest BCUT2D eigenvalue weighted by molar-refractivity contribution is -0.119. The molecular formula is C23H23FN4O5. The number of carbonyl (C=O) groups excluding carboxylic acids is 2. The number of methoxy groups -OCH3 is 1. The Labute approximate surface area is 187 Å². The summed E-state index contributed by atoms with van der Waals surface area (Å²) in [7, 11) is 1.25. The van der Waals surface area contributed by atoms with Gasteiger partial charge in [0, 0.05) is 19.0 Å². The molecule has 172 valence electrons. The summed E-state index contributed by atoms with van der Waals surface area (Å²) in [6, 6.07) is 6.79. The SMILES string of the molecule is COC(=O)c1cccc(-n2c(=O)n([C@H]3CC[C@@H](NC(C)=O)CC3)c(=O)c3cc(F)cnc32)c1. The van der Waals surface area contributed by atoms with Gasteiger partial charge in [-0.15, -0.1) is 0 Å². The van der Waals surface area contributed by atoms with Gasteiger partial charge in [-0.25, -0.2) is 23.5 Å². The molecule has 0 radical (unpaired) electrons. The highest BCUT2D eigenvalue weighted by molar-refractivity contribution is 5.90. The van der Waals surface area contributed by atoms with E-state index in [1.807, 2.05) is 0 Å². The van der Waals surface area contributed by atoms with Gasteiger partial charge in [-0.1, -0.05) is 6.07 Å². The lowest BCUT2D eigenvalue weighted by Gasteiger charge is -2.30. The lowest BCUT2D eigenvalue weighted by Crippen LogP contribution is -2.45. The van der Waals surface area contributed by atoms with Gasteiger partial charge in [-0.05, 0) is 49.9 Å². The molecule has 1 aliphatic rings. The molecule has 4 rings (SSSR count). The Balaban J connectivity index is 1.88. The quantitative estimate of drug-likeness (QED) is 0.604. The predicted octanol–water partition coefficient (Wildman–Crippen LogP) is 2.09. The van der Waals surface area contributed by atoms with Gasteiger partial charge in [0.05, 0.1) is 29.9 Å². The van der Waals surface area contributed by atoms with Crippen LogP contribution in [0.15, 0.2) is 46.1 Å². The Morgan fingerprint density at radius 2 is 1.88 bits per heavy atom. The number of hydrogen-bond acceptors (Lipinski definition) is 6. The number of rotatable bonds is 4. The van der Waals surface area contributed by atoms with Crippen molar-refractivity contribution in [2.75, 3.05) is 7.11 Å². The number of nitrogens with zero attached hydrogens (tertiary/aromatic N) is 3. The van der Waals surface area contributed by atoms with E-state index < -0.39 is 29.1 Å². The van der Waals surface area contributed by atoms with Crippen molar-refractivity contribution in [1.29, 1.82) is 0 Å². The van der Waals surface area contributed by atoms with Gasteiger partial charge >= 0.3 is 11.7 Å². The van der Waals surface area contributed by atoms with E-state index in [4.69, 9.17) is 4.74 Å². The molecule has 10 heteroatoms. The summed E-state index contributed by atoms with van der Waals surface area (Å²) in [5.41, 5.74) is -0.739. The Hall–Kier alpha value is -3.82. The third kappa shape index (κ3) is 4.28. The molecule has 3 aromatic rings. The summed E-state index contributed by atoms with van der Waals surface area (Å²) in [6.07, 6.45) is 3.14. The summed E-state index contributed by atoms with van der Waals surface area (Å²) in [5, 5.41) is 2.83. The van der Waals surface area contributed by atoms with Crippen LogP contribution in [0.5, 0.6) is 0 Å². The maximum absolute atomic E-state index is 14.0. The molecule has 0 saturated heterocycles. The first kappa shape index (κ1) is 22.4. The minimum Gasteiger partial charge on any atom is -0.465 e. The van der Waals surface area contributed by atoms with E-state index in [-0.39, 0.29) is 28.5 Å². The Kier molecular flexibility index (Phi) is 6.08. The molecule has 9 nitrogen and oxygen atoms in total. The van der Waals surface area contributed by atoms with Crippen molar-refractivity contribution in [1.82, 2.24) is 19.4 Å². The highest BCUT2D eigenvalue weighted by Crippen LogP contribution is 2.27. The van der Waals surface area contributed by atoms with Crippen molar-refractivity contribution in [2.45, 2.75) is 44.7 Å². The van der Waals surface area contributed by atoms with Crippen molar-refractivity contribution in [3.63, 3.8) is 0 Å². The minimum absolute atomic E-state index is 0.00315. The molecule has 1 aliphatic carbocycles. The van der Waals surface area contributed by atoms with Crippen LogP contribution in [0.4, 0.5) is 4.39 Å². The normalized spacial score (nSPS) is 18.2. The second-order valence-electron chi connectivity index (χ2n) is 8.07. The number of aromatic nitrogens is 3. The van der Waals surface area contributed by atoms with Crippen LogP contribution in [0.25, 0.3) is 16.7 Å². The van der Waals surface area contributed by atoms with E-state index in [1.165, 1.54) is 30.7 Å². The standard InChI is InChI=1S/C23H23FN4O5/c1-13(29)26-16-6-8-17(9-7-16)28-21(30)19-11-15(24)12-25-20(19)27(23(28)32)18-5-3-4-14(10-18)22(31)33-2/h3-5,10-12,16-17H,6-9H2,1-2H3,(H,26,29)/t16-,17+. The molecule has 1 amide bonds. The molecule has 0 atom stereocenters. The highest BCUT2D eigenvalue weighted by atomic mass is 19.1. The van der Waals surface area contributed by atoms with Gasteiger partial charge in [0.2, 0.25) is 5.91 Å². The summed E-state index contributed by atoms with van der Waals surface area (Å²) < 4.78 is 21.1. The second-order valence-corrected chi connectivity index (χ2v) is 8.07. The molecule has 0 spiro atoms. The van der Waals surface area contributed by atoms with Crippen LogP contribution in [0.3, 0.4) is 0 Å². The molecule has 2 heterocycles. The average molecular weight is 454 g/mol. The van der Waals surface area contributed by atoms with Crippen LogP contribution in [0, 0.1) is 5.82 Å². The molecule has 0 unspecified atom stereocenters. The van der Waals surface area contributed by atoms with E-state index >= 15 is 0 Å². The smallest absolute Gasteiger partial charge is 0.337 e. The van der Waals surface area contributed by atoms with E-state index in [9.17, 15) is 23.6 Å². The van der Waals surface area contributed by atoms with Crippen LogP contribution in [-0.2, 0) is 9.53 Å². The number of fused-ring (bicyclic) bond motifs is 1. The number of esters is 1. The number of pyridine rings is 1. The fourth-order valence-electron chi connectivity index (χ4n) is 4.39. The van der Waals surface area contributed by atoms with Crippen molar-refractivity contribution >= 4 is 22.9 Å².